The van der Waals surface area contributed by atoms with Crippen LogP contribution in [0.3, 0.4) is 0 Å². The van der Waals surface area contributed by atoms with Gasteiger partial charge in [-0.2, -0.15) is 22.5 Å². The molecule has 0 amide bonds. The Bertz CT molecular complexity index is 1120. The molecule has 0 spiro atoms. The maximum atomic E-state index is 13.2. The van der Waals surface area contributed by atoms with E-state index in [2.05, 4.69) is 31.9 Å². The van der Waals surface area contributed by atoms with E-state index in [1.807, 2.05) is 6.92 Å². The molecule has 10 heteroatoms. The third-order valence-electron chi connectivity index (χ3n) is 4.92. The fourth-order valence-corrected chi connectivity index (χ4v) is 3.30. The normalized spacial score (nSPS) is 12.8. The van der Waals surface area contributed by atoms with Crippen molar-refractivity contribution in [2.45, 2.75) is 58.0 Å². The second-order valence-electron chi connectivity index (χ2n) is 7.53. The van der Waals surface area contributed by atoms with Crippen LogP contribution in [0.2, 0.25) is 0 Å². The molecule has 0 aliphatic carbocycles. The van der Waals surface area contributed by atoms with Gasteiger partial charge in [-0.25, -0.2) is 4.98 Å². The molecule has 172 valence electrons. The summed E-state index contributed by atoms with van der Waals surface area (Å²) in [6.07, 6.45) is -4.49. The van der Waals surface area contributed by atoms with Gasteiger partial charge in [-0.1, -0.05) is 39.2 Å². The number of hydrogen-bond donors (Lipinski definition) is 2. The monoisotopic (exact) mass is 452 g/mol. The number of rotatable bonds is 10. The Labute approximate surface area is 182 Å². The molecule has 0 aliphatic heterocycles. The van der Waals surface area contributed by atoms with Crippen molar-refractivity contribution in [1.29, 1.82) is 0 Å². The number of pyridine rings is 1. The van der Waals surface area contributed by atoms with E-state index in [0.29, 0.717) is 11.0 Å². The Morgan fingerprint density at radius 2 is 1.94 bits per heavy atom. The fourth-order valence-electron chi connectivity index (χ4n) is 3.30. The van der Waals surface area contributed by atoms with E-state index in [0.717, 1.165) is 43.5 Å². The van der Waals surface area contributed by atoms with E-state index < -0.39 is 18.3 Å². The minimum absolute atomic E-state index is 0.0814. The van der Waals surface area contributed by atoms with E-state index in [1.54, 1.807) is 6.07 Å². The topological polar surface area (TPSA) is 79.9 Å². The molecule has 0 radical (unpaired) electrons. The molecule has 0 saturated heterocycles. The Hall–Kier alpha value is -3.17. The Kier molecular flexibility index (Phi) is 7.32. The van der Waals surface area contributed by atoms with Gasteiger partial charge in [0.15, 0.2) is 0 Å². The van der Waals surface area contributed by atoms with Gasteiger partial charge in [-0.05, 0) is 30.5 Å². The van der Waals surface area contributed by atoms with E-state index in [-0.39, 0.29) is 23.1 Å². The average molecular weight is 452 g/mol. The predicted molar refractivity (Wildman–Crippen MR) is 114 cm³/mol. The molecule has 0 aliphatic rings. The predicted octanol–water partition coefficient (Wildman–Crippen LogP) is 5.98. The van der Waals surface area contributed by atoms with Crippen molar-refractivity contribution < 1.29 is 22.3 Å². The molecule has 2 heterocycles. The summed E-state index contributed by atoms with van der Waals surface area (Å²) in [5.74, 6) is -0.227. The molecule has 0 saturated carbocycles. The van der Waals surface area contributed by atoms with Gasteiger partial charge in [-0.15, -0.1) is 0 Å². The number of nitrogens with zero attached hydrogens (tertiary/aromatic N) is 2. The largest absolute Gasteiger partial charge is 0.461 e. The number of aromatic amines is 1. The van der Waals surface area contributed by atoms with Crippen LogP contribution in [-0.2, 0) is 0 Å². The fraction of sp³-hybridized carbons (Fsp3) is 0.409. The summed E-state index contributed by atoms with van der Waals surface area (Å²) in [7, 11) is 0. The maximum Gasteiger partial charge on any atom is 0.461 e. The first-order chi connectivity index (χ1) is 15.2. The van der Waals surface area contributed by atoms with Gasteiger partial charge in [0.05, 0.1) is 5.69 Å². The quantitative estimate of drug-likeness (QED) is 0.292. The van der Waals surface area contributed by atoms with E-state index in [4.69, 9.17) is 0 Å². The number of alkyl halides is 4. The average Bonchev–Trinajstić information content (AvgIpc) is 2.73. The number of H-pyrrole nitrogens is 1. The molecule has 32 heavy (non-hydrogen) atoms. The van der Waals surface area contributed by atoms with Gasteiger partial charge < -0.3 is 15.0 Å². The zero-order valence-corrected chi connectivity index (χ0v) is 17.7. The molecule has 2 N–H and O–H groups in total. The number of nitrogens with one attached hydrogen (secondary N) is 2. The summed E-state index contributed by atoms with van der Waals surface area (Å²) in [5, 5.41) is 3.59. The highest BCUT2D eigenvalue weighted by molar-refractivity contribution is 5.79. The zero-order chi connectivity index (χ0) is 23.3. The molecule has 1 atom stereocenters. The van der Waals surface area contributed by atoms with Gasteiger partial charge in [0.25, 0.3) is 0 Å². The second-order valence-corrected chi connectivity index (χ2v) is 7.53. The van der Waals surface area contributed by atoms with Crippen LogP contribution in [0.15, 0.2) is 41.2 Å². The lowest BCUT2D eigenvalue weighted by atomic mass is 9.97. The van der Waals surface area contributed by atoms with E-state index >= 15 is 0 Å². The summed E-state index contributed by atoms with van der Waals surface area (Å²) in [6, 6.07) is 8.26. The third kappa shape index (κ3) is 5.74. The highest BCUT2D eigenvalue weighted by atomic mass is 19.3. The molecule has 0 fully saturated rings. The Balaban J connectivity index is 1.92. The summed E-state index contributed by atoms with van der Waals surface area (Å²) < 4.78 is 55.4. The molecule has 1 aromatic carbocycles. The van der Waals surface area contributed by atoms with Crippen molar-refractivity contribution in [3.8, 4) is 5.75 Å². The van der Waals surface area contributed by atoms with Crippen LogP contribution in [0.5, 0.6) is 5.75 Å². The molecule has 3 aromatic rings. The molecule has 3 rings (SSSR count). The molecular formula is C22H24F4N4O2. The van der Waals surface area contributed by atoms with Crippen molar-refractivity contribution in [1.82, 2.24) is 15.0 Å². The van der Waals surface area contributed by atoms with Gasteiger partial charge in [0, 0.05) is 23.2 Å². The van der Waals surface area contributed by atoms with E-state index in [1.165, 1.54) is 18.2 Å². The standard InChI is InChI=1S/C22H24F4N4O2/c1-3-4-5-7-13(2)18-16-10-11-17(31)28-19(16)30-21(29-18)27-14-8-6-9-15(12-14)32-22(25,26)20(23)24/h6,8-13,20H,3-5,7H2,1-2H3,(H2,27,28,29,30,31). The van der Waals surface area contributed by atoms with Crippen molar-refractivity contribution in [2.75, 3.05) is 5.32 Å². The van der Waals surface area contributed by atoms with Crippen LogP contribution in [-0.4, -0.2) is 27.5 Å². The summed E-state index contributed by atoms with van der Waals surface area (Å²) >= 11 is 0. The Morgan fingerprint density at radius 3 is 2.66 bits per heavy atom. The second kappa shape index (κ2) is 9.97. The number of benzene rings is 1. The van der Waals surface area contributed by atoms with Crippen LogP contribution in [0.25, 0.3) is 11.0 Å². The number of hydrogen-bond acceptors (Lipinski definition) is 5. The van der Waals surface area contributed by atoms with Gasteiger partial charge in [0.1, 0.15) is 11.4 Å². The third-order valence-corrected chi connectivity index (χ3v) is 4.92. The van der Waals surface area contributed by atoms with Crippen LogP contribution < -0.4 is 15.6 Å². The lowest BCUT2D eigenvalue weighted by Gasteiger charge is -2.18. The molecule has 1 unspecified atom stereocenters. The lowest BCUT2D eigenvalue weighted by Crippen LogP contribution is -2.33. The first-order valence-corrected chi connectivity index (χ1v) is 10.3. The number of unbranched alkanes of at least 4 members (excludes halogenated alkanes) is 2. The number of fused-ring (bicyclic) bond motifs is 1. The zero-order valence-electron chi connectivity index (χ0n) is 17.7. The molecule has 6 nitrogen and oxygen atoms in total. The Morgan fingerprint density at radius 1 is 1.16 bits per heavy atom. The van der Waals surface area contributed by atoms with Crippen LogP contribution in [0, 0.1) is 0 Å². The van der Waals surface area contributed by atoms with Gasteiger partial charge in [0.2, 0.25) is 11.5 Å². The maximum absolute atomic E-state index is 13.2. The molecule has 0 bridgehead atoms. The SMILES string of the molecule is CCCCCC(C)c1nc(Nc2cccc(OC(F)(F)C(F)F)c2)nc2[nH]c(=O)ccc12. The van der Waals surface area contributed by atoms with Gasteiger partial charge in [-0.3, -0.25) is 4.79 Å². The smallest absolute Gasteiger partial charge is 0.428 e. The summed E-state index contributed by atoms with van der Waals surface area (Å²) in [6.45, 7) is 4.15. The number of halogens is 4. The van der Waals surface area contributed by atoms with Gasteiger partial charge >= 0.3 is 12.5 Å². The number of aromatic nitrogens is 3. The minimum atomic E-state index is -4.61. The van der Waals surface area contributed by atoms with Crippen LogP contribution >= 0.6 is 0 Å². The minimum Gasteiger partial charge on any atom is -0.428 e. The van der Waals surface area contributed by atoms with Crippen molar-refractivity contribution in [3.63, 3.8) is 0 Å². The highest BCUT2D eigenvalue weighted by Gasteiger charge is 2.44. The summed E-state index contributed by atoms with van der Waals surface area (Å²) in [5.41, 5.74) is 1.01. The molecular weight excluding hydrogens is 428 g/mol. The van der Waals surface area contributed by atoms with Crippen LogP contribution in [0.4, 0.5) is 29.2 Å². The van der Waals surface area contributed by atoms with E-state index in [9.17, 15) is 22.4 Å². The first-order valence-electron chi connectivity index (χ1n) is 10.3. The summed E-state index contributed by atoms with van der Waals surface area (Å²) in [4.78, 5) is 23.4. The number of ether oxygens (including phenoxy) is 1. The van der Waals surface area contributed by atoms with Crippen LogP contribution in [0.1, 0.15) is 51.1 Å². The first kappa shape index (κ1) is 23.5. The van der Waals surface area contributed by atoms with Crippen molar-refractivity contribution in [2.24, 2.45) is 0 Å². The van der Waals surface area contributed by atoms with Crippen molar-refractivity contribution in [3.05, 3.63) is 52.4 Å². The molecule has 2 aromatic heterocycles. The van der Waals surface area contributed by atoms with Crippen molar-refractivity contribution >= 4 is 22.7 Å². The number of anilines is 2. The highest BCUT2D eigenvalue weighted by Crippen LogP contribution is 2.31. The lowest BCUT2D eigenvalue weighted by molar-refractivity contribution is -0.253.